The van der Waals surface area contributed by atoms with E-state index in [9.17, 15) is 8.42 Å². The van der Waals surface area contributed by atoms with Gasteiger partial charge in [-0.05, 0) is 32.1 Å². The van der Waals surface area contributed by atoms with Crippen LogP contribution in [0.5, 0.6) is 0 Å². The molecule has 0 unspecified atom stereocenters. The fourth-order valence-corrected chi connectivity index (χ4v) is 2.84. The smallest absolute Gasteiger partial charge is 0.264 e. The minimum Gasteiger partial charge on any atom is -0.264 e. The third kappa shape index (κ3) is 24.5. The Labute approximate surface area is 162 Å². The van der Waals surface area contributed by atoms with Crippen LogP contribution in [0, 0.1) is 0 Å². The van der Waals surface area contributed by atoms with Crippen LogP contribution >= 0.6 is 0 Å². The Bertz CT molecular complexity index is 369. The van der Waals surface area contributed by atoms with Crippen LogP contribution in [-0.2, 0) is 34.1 Å². The van der Waals surface area contributed by atoms with E-state index < -0.39 is 10.4 Å². The van der Waals surface area contributed by atoms with Crippen molar-refractivity contribution in [3.63, 3.8) is 0 Å². The number of rotatable bonds is 17. The summed E-state index contributed by atoms with van der Waals surface area (Å²) in [5.74, 6) is 0. The molecule has 0 fully saturated rings. The first-order valence-electron chi connectivity index (χ1n) is 9.33. The summed E-state index contributed by atoms with van der Waals surface area (Å²) in [7, 11) is -4.25. The van der Waals surface area contributed by atoms with E-state index in [1.807, 2.05) is 0 Å². The van der Waals surface area contributed by atoms with Crippen LogP contribution in [0.3, 0.4) is 0 Å². The van der Waals surface area contributed by atoms with Gasteiger partial charge in [0.15, 0.2) is 0 Å². The monoisotopic (exact) mass is 412 g/mol. The van der Waals surface area contributed by atoms with Crippen molar-refractivity contribution in [1.82, 2.24) is 0 Å². The summed E-state index contributed by atoms with van der Waals surface area (Å²) in [4.78, 5) is 0. The molecule has 1 N–H and O–H groups in total. The molecular formula is C18H36O4SZn. The minimum absolute atomic E-state index is 0. The topological polar surface area (TPSA) is 63.6 Å². The van der Waals surface area contributed by atoms with Crippen molar-refractivity contribution < 1.29 is 36.6 Å². The second-order valence-electron chi connectivity index (χ2n) is 6.19. The van der Waals surface area contributed by atoms with Crippen molar-refractivity contribution in [2.75, 3.05) is 6.61 Å². The molecular weight excluding hydrogens is 378 g/mol. The zero-order chi connectivity index (χ0) is 17.2. The molecule has 0 aliphatic carbocycles. The van der Waals surface area contributed by atoms with Crippen LogP contribution in [0.25, 0.3) is 0 Å². The largest absolute Gasteiger partial charge is 0.397 e. The molecule has 0 atom stereocenters. The fraction of sp³-hybridized carbons (Fsp3) is 0.889. The van der Waals surface area contributed by atoms with Crippen molar-refractivity contribution in [3.05, 3.63) is 12.2 Å². The van der Waals surface area contributed by atoms with Crippen molar-refractivity contribution in [2.24, 2.45) is 0 Å². The predicted octanol–water partition coefficient (Wildman–Crippen LogP) is 5.84. The van der Waals surface area contributed by atoms with Gasteiger partial charge in [0, 0.05) is 19.5 Å². The van der Waals surface area contributed by atoms with E-state index in [0.717, 1.165) is 12.8 Å². The van der Waals surface area contributed by atoms with Crippen LogP contribution in [0.1, 0.15) is 96.8 Å². The van der Waals surface area contributed by atoms with E-state index >= 15 is 0 Å². The molecule has 0 aliphatic rings. The second-order valence-corrected chi connectivity index (χ2v) is 7.28. The molecule has 0 rings (SSSR count). The zero-order valence-corrected chi connectivity index (χ0v) is 19.3. The number of hydrogen-bond acceptors (Lipinski definition) is 3. The molecule has 0 amide bonds. The first-order valence-corrected chi connectivity index (χ1v) is 10.7. The van der Waals surface area contributed by atoms with Gasteiger partial charge in [0.1, 0.15) is 0 Å². The number of hydrogen-bond donors (Lipinski definition) is 1. The maximum atomic E-state index is 10.3. The maximum Gasteiger partial charge on any atom is 0.397 e. The molecule has 0 aromatic heterocycles. The van der Waals surface area contributed by atoms with Crippen molar-refractivity contribution >= 4 is 10.4 Å². The van der Waals surface area contributed by atoms with Crippen LogP contribution in [-0.4, -0.2) is 19.6 Å². The average Bonchev–Trinajstić information content (AvgIpc) is 2.49. The van der Waals surface area contributed by atoms with E-state index in [4.69, 9.17) is 4.55 Å². The summed E-state index contributed by atoms with van der Waals surface area (Å²) in [5.41, 5.74) is 0. The Kier molecular flexibility index (Phi) is 21.6. The molecule has 0 aromatic rings. The van der Waals surface area contributed by atoms with Crippen LogP contribution in [0.2, 0.25) is 0 Å². The number of allylic oxidation sites excluding steroid dienone is 2. The summed E-state index contributed by atoms with van der Waals surface area (Å²) < 4.78 is 33.3. The van der Waals surface area contributed by atoms with Crippen LogP contribution in [0.4, 0.5) is 0 Å². The quantitative estimate of drug-likeness (QED) is 0.141. The predicted molar refractivity (Wildman–Crippen MR) is 97.0 cm³/mol. The maximum absolute atomic E-state index is 10.3. The summed E-state index contributed by atoms with van der Waals surface area (Å²) in [6, 6.07) is 0. The Balaban J connectivity index is 0. The normalized spacial score (nSPS) is 11.8. The van der Waals surface area contributed by atoms with Crippen LogP contribution in [0.15, 0.2) is 12.2 Å². The van der Waals surface area contributed by atoms with Gasteiger partial charge in [-0.25, -0.2) is 4.18 Å². The number of unbranched alkanes of at least 4 members (excludes halogenated alkanes) is 12. The van der Waals surface area contributed by atoms with Gasteiger partial charge in [0.05, 0.1) is 6.61 Å². The molecule has 0 saturated heterocycles. The second kappa shape index (κ2) is 19.6. The summed E-state index contributed by atoms with van der Waals surface area (Å²) >= 11 is 0. The minimum atomic E-state index is -4.25. The average molecular weight is 414 g/mol. The van der Waals surface area contributed by atoms with Crippen molar-refractivity contribution in [3.8, 4) is 0 Å². The van der Waals surface area contributed by atoms with Gasteiger partial charge in [0.2, 0.25) is 0 Å². The standard InChI is InChI=1S/C18H36O4S.Zn/c1-2-3-4-5-6-7-8-9-10-11-12-13-14-15-16-17-18-22-23(19,20)21;/h9-10H,2-8,11-18H2,1H3,(H,19,20,21);/b10-9-;. The molecule has 0 aliphatic heterocycles. The Morgan fingerprint density at radius 2 is 1.17 bits per heavy atom. The van der Waals surface area contributed by atoms with Gasteiger partial charge in [-0.1, -0.05) is 76.9 Å². The van der Waals surface area contributed by atoms with Gasteiger partial charge in [-0.15, -0.1) is 0 Å². The van der Waals surface area contributed by atoms with E-state index in [0.29, 0.717) is 6.42 Å². The van der Waals surface area contributed by atoms with E-state index in [1.165, 1.54) is 70.6 Å². The molecule has 0 saturated carbocycles. The fourth-order valence-electron chi connectivity index (χ4n) is 2.51. The molecule has 4 nitrogen and oxygen atoms in total. The van der Waals surface area contributed by atoms with Crippen molar-refractivity contribution in [1.29, 1.82) is 0 Å². The van der Waals surface area contributed by atoms with Crippen LogP contribution < -0.4 is 0 Å². The third-order valence-electron chi connectivity index (χ3n) is 3.89. The third-order valence-corrected chi connectivity index (χ3v) is 4.35. The van der Waals surface area contributed by atoms with E-state index in [1.54, 1.807) is 0 Å². The Hall–Kier alpha value is 0.233. The molecule has 0 spiro atoms. The summed E-state index contributed by atoms with van der Waals surface area (Å²) in [6.45, 7) is 2.33. The molecule has 140 valence electrons. The summed E-state index contributed by atoms with van der Waals surface area (Å²) in [5, 5.41) is 0. The molecule has 0 aromatic carbocycles. The van der Waals surface area contributed by atoms with Gasteiger partial charge in [-0.2, -0.15) is 8.42 Å². The van der Waals surface area contributed by atoms with Gasteiger partial charge in [0.25, 0.3) is 0 Å². The molecule has 6 heteroatoms. The first kappa shape index (κ1) is 26.5. The van der Waals surface area contributed by atoms with E-state index in [-0.39, 0.29) is 26.1 Å². The molecule has 24 heavy (non-hydrogen) atoms. The molecule has 0 heterocycles. The summed E-state index contributed by atoms with van der Waals surface area (Å²) in [6.07, 6.45) is 21.5. The van der Waals surface area contributed by atoms with Crippen molar-refractivity contribution in [2.45, 2.75) is 96.8 Å². The Morgan fingerprint density at radius 3 is 1.62 bits per heavy atom. The molecule has 0 radical (unpaired) electrons. The van der Waals surface area contributed by atoms with Gasteiger partial charge < -0.3 is 0 Å². The molecule has 0 bridgehead atoms. The first-order chi connectivity index (χ1) is 11.1. The SMILES string of the molecule is CCCCCCCC/C=C\CCCCCCCCOS(=O)(=O)O.[Zn]. The van der Waals surface area contributed by atoms with Gasteiger partial charge in [-0.3, -0.25) is 4.55 Å². The van der Waals surface area contributed by atoms with E-state index in [2.05, 4.69) is 23.3 Å². The Morgan fingerprint density at radius 1 is 0.750 bits per heavy atom. The zero-order valence-electron chi connectivity index (χ0n) is 15.5. The van der Waals surface area contributed by atoms with Gasteiger partial charge >= 0.3 is 10.4 Å².